The van der Waals surface area contributed by atoms with Crippen LogP contribution in [-0.4, -0.2) is 35.4 Å². The van der Waals surface area contributed by atoms with Gasteiger partial charge in [-0.25, -0.2) is 0 Å². The highest BCUT2D eigenvalue weighted by Gasteiger charge is 2.51. The maximum absolute atomic E-state index is 10.7. The van der Waals surface area contributed by atoms with Crippen molar-refractivity contribution in [2.24, 2.45) is 0 Å². The molecular weight excluding hydrogens is 266 g/mol. The third-order valence-corrected chi connectivity index (χ3v) is 5.71. The molecule has 0 aromatic heterocycles. The molecule has 0 unspecified atom stereocenters. The zero-order valence-electron chi connectivity index (χ0n) is 11.9. The van der Waals surface area contributed by atoms with Crippen molar-refractivity contribution in [1.29, 1.82) is 0 Å². The van der Waals surface area contributed by atoms with Crippen LogP contribution in [0.4, 0.5) is 0 Å². The van der Waals surface area contributed by atoms with Gasteiger partial charge in [-0.05, 0) is 49.1 Å². The highest BCUT2D eigenvalue weighted by molar-refractivity contribution is 5.54. The van der Waals surface area contributed by atoms with Crippen LogP contribution in [0.2, 0.25) is 0 Å². The number of aliphatic hydroxyl groups is 1. The largest absolute Gasteiger partial charge is 0.454 e. The lowest BCUT2D eigenvalue weighted by Crippen LogP contribution is -2.45. The Labute approximate surface area is 124 Å². The lowest BCUT2D eigenvalue weighted by Gasteiger charge is -2.39. The molecule has 1 aromatic carbocycles. The molecule has 21 heavy (non-hydrogen) atoms. The van der Waals surface area contributed by atoms with Gasteiger partial charge in [-0.1, -0.05) is 12.2 Å². The standard InChI is InChI=1S/C17H19NO3/c19-14-9-18-6-2-5-17(18)4-1-3-13(17)11-7-15-16(8-12(11)14)21-10-20-15/h1,3,7-8,13-14,19H,2,4-6,9-10H2/t13-,14-,17+/m0/s1. The van der Waals surface area contributed by atoms with Gasteiger partial charge in [0.1, 0.15) is 0 Å². The molecule has 0 bridgehead atoms. The molecule has 0 amide bonds. The molecule has 1 aromatic rings. The van der Waals surface area contributed by atoms with Crippen LogP contribution in [0.1, 0.15) is 42.4 Å². The topological polar surface area (TPSA) is 41.9 Å². The predicted octanol–water partition coefficient (Wildman–Crippen LogP) is 2.34. The molecule has 1 saturated heterocycles. The lowest BCUT2D eigenvalue weighted by atomic mass is 9.78. The van der Waals surface area contributed by atoms with Crippen molar-refractivity contribution in [1.82, 2.24) is 4.90 Å². The van der Waals surface area contributed by atoms with Crippen LogP contribution in [0.5, 0.6) is 11.5 Å². The Morgan fingerprint density at radius 3 is 2.86 bits per heavy atom. The number of rotatable bonds is 0. The second-order valence-electron chi connectivity index (χ2n) is 6.61. The van der Waals surface area contributed by atoms with E-state index in [1.807, 2.05) is 6.07 Å². The van der Waals surface area contributed by atoms with Crippen molar-refractivity contribution >= 4 is 0 Å². The molecule has 0 radical (unpaired) electrons. The molecule has 5 rings (SSSR count). The van der Waals surface area contributed by atoms with Crippen LogP contribution in [0.25, 0.3) is 0 Å². The highest BCUT2D eigenvalue weighted by atomic mass is 16.7. The summed E-state index contributed by atoms with van der Waals surface area (Å²) in [6, 6.07) is 4.09. The molecule has 3 aliphatic heterocycles. The first-order chi connectivity index (χ1) is 10.3. The van der Waals surface area contributed by atoms with E-state index >= 15 is 0 Å². The Morgan fingerprint density at radius 1 is 1.19 bits per heavy atom. The van der Waals surface area contributed by atoms with Crippen LogP contribution in [-0.2, 0) is 0 Å². The number of aliphatic hydroxyl groups excluding tert-OH is 1. The normalized spacial score (nSPS) is 36.2. The van der Waals surface area contributed by atoms with Crippen molar-refractivity contribution in [3.8, 4) is 11.5 Å². The van der Waals surface area contributed by atoms with Gasteiger partial charge in [0.05, 0.1) is 6.10 Å². The minimum Gasteiger partial charge on any atom is -0.454 e. The monoisotopic (exact) mass is 285 g/mol. The molecule has 1 N–H and O–H groups in total. The van der Waals surface area contributed by atoms with Gasteiger partial charge < -0.3 is 14.6 Å². The number of ether oxygens (including phenoxy) is 2. The molecule has 3 heterocycles. The van der Waals surface area contributed by atoms with Crippen molar-refractivity contribution < 1.29 is 14.6 Å². The fourth-order valence-corrected chi connectivity index (χ4v) is 4.76. The van der Waals surface area contributed by atoms with Crippen LogP contribution in [0, 0.1) is 0 Å². The maximum Gasteiger partial charge on any atom is 0.231 e. The van der Waals surface area contributed by atoms with Crippen molar-refractivity contribution in [3.05, 3.63) is 35.4 Å². The zero-order chi connectivity index (χ0) is 14.0. The van der Waals surface area contributed by atoms with Crippen LogP contribution in [0.15, 0.2) is 24.3 Å². The third-order valence-electron chi connectivity index (χ3n) is 5.71. The van der Waals surface area contributed by atoms with E-state index in [0.717, 1.165) is 36.6 Å². The Kier molecular flexibility index (Phi) is 2.31. The Morgan fingerprint density at radius 2 is 2.00 bits per heavy atom. The first kappa shape index (κ1) is 12.1. The van der Waals surface area contributed by atoms with E-state index < -0.39 is 6.10 Å². The van der Waals surface area contributed by atoms with Gasteiger partial charge in [0.2, 0.25) is 6.79 Å². The summed E-state index contributed by atoms with van der Waals surface area (Å²) in [4.78, 5) is 2.51. The van der Waals surface area contributed by atoms with E-state index in [4.69, 9.17) is 9.47 Å². The van der Waals surface area contributed by atoms with Gasteiger partial charge in [-0.15, -0.1) is 0 Å². The number of hydrogen-bond acceptors (Lipinski definition) is 4. The van der Waals surface area contributed by atoms with E-state index in [0.29, 0.717) is 5.92 Å². The summed E-state index contributed by atoms with van der Waals surface area (Å²) in [7, 11) is 0. The quantitative estimate of drug-likeness (QED) is 0.743. The molecule has 0 saturated carbocycles. The van der Waals surface area contributed by atoms with Gasteiger partial charge >= 0.3 is 0 Å². The second kappa shape index (κ2) is 4.02. The second-order valence-corrected chi connectivity index (χ2v) is 6.61. The minimum absolute atomic E-state index is 0.180. The van der Waals surface area contributed by atoms with E-state index in [1.165, 1.54) is 18.4 Å². The fraction of sp³-hybridized carbons (Fsp3) is 0.529. The summed E-state index contributed by atoms with van der Waals surface area (Å²) >= 11 is 0. The molecule has 1 spiro atoms. The molecule has 1 aliphatic carbocycles. The maximum atomic E-state index is 10.7. The predicted molar refractivity (Wildman–Crippen MR) is 77.6 cm³/mol. The lowest BCUT2D eigenvalue weighted by molar-refractivity contribution is 0.0702. The molecule has 4 heteroatoms. The first-order valence-corrected chi connectivity index (χ1v) is 7.81. The third kappa shape index (κ3) is 1.47. The van der Waals surface area contributed by atoms with E-state index in [-0.39, 0.29) is 12.3 Å². The summed E-state index contributed by atoms with van der Waals surface area (Å²) < 4.78 is 11.0. The summed E-state index contributed by atoms with van der Waals surface area (Å²) in [5.74, 6) is 1.95. The average molecular weight is 285 g/mol. The zero-order valence-corrected chi connectivity index (χ0v) is 11.9. The van der Waals surface area contributed by atoms with E-state index in [9.17, 15) is 5.11 Å². The smallest absolute Gasteiger partial charge is 0.231 e. The van der Waals surface area contributed by atoms with Crippen molar-refractivity contribution in [2.45, 2.75) is 36.8 Å². The van der Waals surface area contributed by atoms with Crippen LogP contribution < -0.4 is 9.47 Å². The number of hydrogen-bond donors (Lipinski definition) is 1. The molecule has 4 nitrogen and oxygen atoms in total. The Balaban J connectivity index is 1.73. The summed E-state index contributed by atoms with van der Waals surface area (Å²) in [6.07, 6.45) is 7.74. The highest BCUT2D eigenvalue weighted by Crippen LogP contribution is 2.54. The van der Waals surface area contributed by atoms with E-state index in [1.54, 1.807) is 0 Å². The summed E-state index contributed by atoms with van der Waals surface area (Å²) in [5.41, 5.74) is 2.43. The minimum atomic E-state index is -0.441. The average Bonchev–Trinajstić information content (AvgIpc) is 3.18. The van der Waals surface area contributed by atoms with Gasteiger partial charge in [0.15, 0.2) is 11.5 Å². The van der Waals surface area contributed by atoms with Gasteiger partial charge in [-0.3, -0.25) is 4.90 Å². The Bertz CT molecular complexity index is 641. The molecular formula is C17H19NO3. The number of fused-ring (bicyclic) bond motifs is 3. The van der Waals surface area contributed by atoms with Crippen molar-refractivity contribution in [3.63, 3.8) is 0 Å². The van der Waals surface area contributed by atoms with Crippen molar-refractivity contribution in [2.75, 3.05) is 19.9 Å². The number of β-amino-alcohol motifs (C(OH)–C–C–N with tert-alkyl or cyclic N) is 1. The van der Waals surface area contributed by atoms with Gasteiger partial charge in [-0.2, -0.15) is 0 Å². The summed E-state index contributed by atoms with van der Waals surface area (Å²) in [5, 5.41) is 10.7. The number of benzene rings is 1. The van der Waals surface area contributed by atoms with Gasteiger partial charge in [0.25, 0.3) is 0 Å². The SMILES string of the molecule is O[C@H]1CN2CCC[C@@]23CC=C[C@H]3c2cc3c(cc21)OCO3. The first-order valence-electron chi connectivity index (χ1n) is 7.81. The number of nitrogens with zero attached hydrogens (tertiary/aromatic N) is 1. The Hall–Kier alpha value is -1.52. The molecule has 1 fully saturated rings. The van der Waals surface area contributed by atoms with Crippen LogP contribution >= 0.6 is 0 Å². The molecule has 110 valence electrons. The van der Waals surface area contributed by atoms with Gasteiger partial charge in [0, 0.05) is 18.0 Å². The molecule has 3 atom stereocenters. The summed E-state index contributed by atoms with van der Waals surface area (Å²) in [6.45, 7) is 2.10. The molecule has 4 aliphatic rings. The fourth-order valence-electron chi connectivity index (χ4n) is 4.76. The van der Waals surface area contributed by atoms with Crippen LogP contribution in [0.3, 0.4) is 0 Å². The van der Waals surface area contributed by atoms with E-state index in [2.05, 4.69) is 23.1 Å².